The van der Waals surface area contributed by atoms with Crippen molar-refractivity contribution in [2.45, 2.75) is 19.8 Å². The lowest BCUT2D eigenvalue weighted by molar-refractivity contribution is 0.226. The lowest BCUT2D eigenvalue weighted by Crippen LogP contribution is -2.34. The summed E-state index contributed by atoms with van der Waals surface area (Å²) in [6.45, 7) is 7.23. The highest BCUT2D eigenvalue weighted by Crippen LogP contribution is 2.40. The quantitative estimate of drug-likeness (QED) is 0.631. The summed E-state index contributed by atoms with van der Waals surface area (Å²) < 4.78 is 13.4. The van der Waals surface area contributed by atoms with E-state index in [2.05, 4.69) is 39.4 Å². The molecule has 1 saturated heterocycles. The van der Waals surface area contributed by atoms with Gasteiger partial charge in [0, 0.05) is 19.2 Å². The summed E-state index contributed by atoms with van der Waals surface area (Å²) in [5, 5.41) is 17.5. The number of piperidine rings is 1. The largest absolute Gasteiger partial charge is 0.494 e. The Kier molecular flexibility index (Phi) is 5.73. The maximum absolute atomic E-state index is 6.08. The number of aromatic nitrogens is 4. The number of hydrogen-bond acceptors (Lipinski definition) is 8. The van der Waals surface area contributed by atoms with Crippen molar-refractivity contribution in [2.24, 2.45) is 5.92 Å². The number of hydrogen-bond donors (Lipinski definition) is 1. The van der Waals surface area contributed by atoms with Crippen LogP contribution < -0.4 is 19.7 Å². The van der Waals surface area contributed by atoms with E-state index in [-0.39, 0.29) is 0 Å². The fourth-order valence-corrected chi connectivity index (χ4v) is 4.43. The van der Waals surface area contributed by atoms with Crippen LogP contribution in [0.2, 0.25) is 0 Å². The topological polar surface area (TPSA) is 80.1 Å². The zero-order valence-corrected chi connectivity index (χ0v) is 19.0. The molecule has 1 N–H and O–H groups in total. The fourth-order valence-electron chi connectivity index (χ4n) is 4.43. The molecule has 0 saturated carbocycles. The van der Waals surface area contributed by atoms with Gasteiger partial charge in [-0.2, -0.15) is 4.52 Å². The third-order valence-corrected chi connectivity index (χ3v) is 6.36. The highest BCUT2D eigenvalue weighted by molar-refractivity contribution is 5.82. The predicted molar refractivity (Wildman–Crippen MR) is 125 cm³/mol. The number of nitrogens with one attached hydrogen (secondary N) is 1. The molecule has 3 aromatic rings. The van der Waals surface area contributed by atoms with E-state index < -0.39 is 0 Å². The average Bonchev–Trinajstić information content (AvgIpc) is 3.23. The number of nitrogens with zero attached hydrogens (tertiary/aromatic N) is 6. The molecule has 170 valence electrons. The van der Waals surface area contributed by atoms with Gasteiger partial charge >= 0.3 is 0 Å². The first-order valence-corrected chi connectivity index (χ1v) is 11.4. The van der Waals surface area contributed by atoms with Gasteiger partial charge in [0.25, 0.3) is 0 Å². The van der Waals surface area contributed by atoms with E-state index in [9.17, 15) is 0 Å². The smallest absolute Gasteiger partial charge is 0.222 e. The molecule has 2 aliphatic heterocycles. The van der Waals surface area contributed by atoms with Gasteiger partial charge in [-0.3, -0.25) is 0 Å². The molecular formula is C23H31N7O2. The molecule has 0 radical (unpaired) electrons. The third kappa shape index (κ3) is 3.92. The zero-order chi connectivity index (χ0) is 22.1. The molecule has 2 aliphatic rings. The van der Waals surface area contributed by atoms with Crippen LogP contribution in [0.3, 0.4) is 0 Å². The fraction of sp³-hybridized carbons (Fsp3) is 0.522. The van der Waals surface area contributed by atoms with Crippen LogP contribution in [0.15, 0.2) is 24.3 Å². The molecule has 0 atom stereocenters. The molecule has 5 rings (SSSR count). The molecule has 0 amide bonds. The Balaban J connectivity index is 1.50. The SMILES string of the molecule is CCOc1ccc(-c2nnc3c4c(c(NCC5CCN(C)CC5)nn23)N(C)CCO4)cc1. The number of ether oxygens (including phenoxy) is 2. The summed E-state index contributed by atoms with van der Waals surface area (Å²) >= 11 is 0. The van der Waals surface area contributed by atoms with E-state index >= 15 is 0 Å². The predicted octanol–water partition coefficient (Wildman–Crippen LogP) is 2.77. The minimum atomic E-state index is 0.614. The van der Waals surface area contributed by atoms with Crippen molar-refractivity contribution in [3.63, 3.8) is 0 Å². The number of anilines is 2. The molecule has 32 heavy (non-hydrogen) atoms. The second kappa shape index (κ2) is 8.82. The van der Waals surface area contributed by atoms with Gasteiger partial charge in [-0.25, -0.2) is 0 Å². The lowest BCUT2D eigenvalue weighted by Gasteiger charge is -2.31. The number of fused-ring (bicyclic) bond motifs is 3. The minimum Gasteiger partial charge on any atom is -0.494 e. The van der Waals surface area contributed by atoms with Crippen molar-refractivity contribution in [1.29, 1.82) is 0 Å². The van der Waals surface area contributed by atoms with Crippen molar-refractivity contribution in [1.82, 2.24) is 24.7 Å². The maximum atomic E-state index is 6.08. The normalized spacial score (nSPS) is 17.3. The van der Waals surface area contributed by atoms with Crippen LogP contribution in [0.25, 0.3) is 17.0 Å². The molecule has 1 aromatic carbocycles. The van der Waals surface area contributed by atoms with Crippen LogP contribution >= 0.6 is 0 Å². The Bertz CT molecular complexity index is 1070. The second-order valence-electron chi connectivity index (χ2n) is 8.64. The zero-order valence-electron chi connectivity index (χ0n) is 19.0. The van der Waals surface area contributed by atoms with E-state index in [4.69, 9.17) is 14.6 Å². The molecule has 2 aromatic heterocycles. The summed E-state index contributed by atoms with van der Waals surface area (Å²) in [6.07, 6.45) is 2.40. The first-order chi connectivity index (χ1) is 15.6. The number of likely N-dealkylation sites (N-methyl/N-ethyl adjacent to an activating group) is 1. The lowest BCUT2D eigenvalue weighted by atomic mass is 9.97. The van der Waals surface area contributed by atoms with Crippen LogP contribution in [0, 0.1) is 5.92 Å². The molecule has 0 aliphatic carbocycles. The molecule has 1 fully saturated rings. The van der Waals surface area contributed by atoms with Crippen molar-refractivity contribution in [3.05, 3.63) is 24.3 Å². The van der Waals surface area contributed by atoms with Gasteiger partial charge in [-0.05, 0) is 70.1 Å². The second-order valence-corrected chi connectivity index (χ2v) is 8.64. The molecular weight excluding hydrogens is 406 g/mol. The Labute approximate surface area is 188 Å². The van der Waals surface area contributed by atoms with Crippen LogP contribution in [-0.4, -0.2) is 78.2 Å². The Morgan fingerprint density at radius 1 is 1.09 bits per heavy atom. The molecule has 0 unspecified atom stereocenters. The Morgan fingerprint density at radius 2 is 1.88 bits per heavy atom. The van der Waals surface area contributed by atoms with Crippen molar-refractivity contribution < 1.29 is 9.47 Å². The van der Waals surface area contributed by atoms with Crippen molar-refractivity contribution in [2.75, 3.05) is 63.7 Å². The van der Waals surface area contributed by atoms with Gasteiger partial charge in [0.05, 0.1) is 13.2 Å². The van der Waals surface area contributed by atoms with Crippen LogP contribution in [0.1, 0.15) is 19.8 Å². The van der Waals surface area contributed by atoms with E-state index in [1.807, 2.05) is 31.2 Å². The van der Waals surface area contributed by atoms with Crippen molar-refractivity contribution in [3.8, 4) is 22.9 Å². The first-order valence-electron chi connectivity index (χ1n) is 11.4. The van der Waals surface area contributed by atoms with Gasteiger partial charge in [0.15, 0.2) is 17.4 Å². The van der Waals surface area contributed by atoms with Gasteiger partial charge in [-0.15, -0.1) is 15.3 Å². The maximum Gasteiger partial charge on any atom is 0.222 e. The summed E-state index contributed by atoms with van der Waals surface area (Å²) in [5.74, 6) is 3.72. The van der Waals surface area contributed by atoms with Gasteiger partial charge in [-0.1, -0.05) is 0 Å². The Morgan fingerprint density at radius 3 is 2.62 bits per heavy atom. The standard InChI is InChI=1S/C23H31N7O2/c1-4-31-18-7-5-17(6-8-18)22-25-26-23-20-19(29(3)13-14-32-20)21(27-30(22)23)24-15-16-9-11-28(2)12-10-16/h5-8,16H,4,9-15H2,1-3H3,(H,24,27). The molecule has 4 heterocycles. The number of benzene rings is 1. The summed E-state index contributed by atoms with van der Waals surface area (Å²) in [6, 6.07) is 7.87. The number of rotatable bonds is 6. The van der Waals surface area contributed by atoms with Crippen LogP contribution in [0.4, 0.5) is 11.5 Å². The van der Waals surface area contributed by atoms with Crippen molar-refractivity contribution >= 4 is 17.2 Å². The Hall–Kier alpha value is -3.07. The average molecular weight is 438 g/mol. The first kappa shape index (κ1) is 20.8. The third-order valence-electron chi connectivity index (χ3n) is 6.36. The van der Waals surface area contributed by atoms with Gasteiger partial charge in [0.1, 0.15) is 18.0 Å². The van der Waals surface area contributed by atoms with Gasteiger partial charge in [0.2, 0.25) is 5.65 Å². The van der Waals surface area contributed by atoms with E-state index in [0.29, 0.717) is 30.6 Å². The van der Waals surface area contributed by atoms with E-state index in [0.717, 1.165) is 54.7 Å². The molecule has 0 bridgehead atoms. The summed E-state index contributed by atoms with van der Waals surface area (Å²) in [5.41, 5.74) is 2.53. The molecule has 9 heteroatoms. The van der Waals surface area contributed by atoms with Gasteiger partial charge < -0.3 is 24.6 Å². The monoisotopic (exact) mass is 437 g/mol. The van der Waals surface area contributed by atoms with E-state index in [1.54, 1.807) is 4.52 Å². The summed E-state index contributed by atoms with van der Waals surface area (Å²) in [4.78, 5) is 4.58. The highest BCUT2D eigenvalue weighted by atomic mass is 16.5. The minimum absolute atomic E-state index is 0.614. The summed E-state index contributed by atoms with van der Waals surface area (Å²) in [7, 11) is 4.26. The van der Waals surface area contributed by atoms with Crippen LogP contribution in [-0.2, 0) is 0 Å². The van der Waals surface area contributed by atoms with Crippen LogP contribution in [0.5, 0.6) is 11.5 Å². The molecule has 0 spiro atoms. The number of likely N-dealkylation sites (tertiary alicyclic amines) is 1. The molecule has 9 nitrogen and oxygen atoms in total. The highest BCUT2D eigenvalue weighted by Gasteiger charge is 2.27. The van der Waals surface area contributed by atoms with E-state index in [1.165, 1.54) is 12.8 Å².